The van der Waals surface area contributed by atoms with Gasteiger partial charge in [0.05, 0.1) is 6.61 Å². The highest BCUT2D eigenvalue weighted by atomic mass is 16.6. The largest absolute Gasteiger partial charge is 0.461 e. The zero-order valence-corrected chi connectivity index (χ0v) is 18.0. The van der Waals surface area contributed by atoms with Gasteiger partial charge in [-0.15, -0.1) is 0 Å². The van der Waals surface area contributed by atoms with Crippen LogP contribution in [0.2, 0.25) is 0 Å². The molecule has 166 valence electrons. The first-order valence-corrected chi connectivity index (χ1v) is 10.3. The molecule has 0 saturated heterocycles. The van der Waals surface area contributed by atoms with E-state index in [1.54, 1.807) is 42.5 Å². The number of ether oxygens (including phenoxy) is 3. The maximum Gasteiger partial charge on any atom is 0.344 e. The third kappa shape index (κ3) is 6.93. The van der Waals surface area contributed by atoms with Crippen LogP contribution in [-0.4, -0.2) is 43.7 Å². The molecule has 0 radical (unpaired) electrons. The second-order valence-corrected chi connectivity index (χ2v) is 7.02. The maximum absolute atomic E-state index is 13.2. The van der Waals surface area contributed by atoms with Crippen LogP contribution in [0.5, 0.6) is 0 Å². The van der Waals surface area contributed by atoms with E-state index in [4.69, 9.17) is 14.2 Å². The van der Waals surface area contributed by atoms with Crippen LogP contribution in [-0.2, 0) is 30.4 Å². The first-order valence-electron chi connectivity index (χ1n) is 10.3. The van der Waals surface area contributed by atoms with Crippen LogP contribution < -0.4 is 5.32 Å². The Labute approximate surface area is 182 Å². The van der Waals surface area contributed by atoms with Gasteiger partial charge in [-0.05, 0) is 24.1 Å². The van der Waals surface area contributed by atoms with E-state index in [1.807, 2.05) is 25.1 Å². The van der Waals surface area contributed by atoms with Crippen molar-refractivity contribution in [1.82, 2.24) is 5.32 Å². The minimum atomic E-state index is -1.95. The van der Waals surface area contributed by atoms with Gasteiger partial charge in [0, 0.05) is 12.7 Å². The fourth-order valence-corrected chi connectivity index (χ4v) is 2.94. The van der Waals surface area contributed by atoms with E-state index in [2.05, 4.69) is 5.32 Å². The molecule has 0 aliphatic heterocycles. The fraction of sp³-hybridized carbons (Fsp3) is 0.375. The topological polar surface area (TPSA) is 90.9 Å². The van der Waals surface area contributed by atoms with Gasteiger partial charge in [-0.25, -0.2) is 9.59 Å². The zero-order chi connectivity index (χ0) is 22.5. The van der Waals surface area contributed by atoms with Gasteiger partial charge in [0.15, 0.2) is 0 Å². The number of unbranched alkanes of at least 4 members (excludes halogenated alkanes) is 1. The SMILES string of the molecule is CCCC[C@@](NC(=O)c1ccccc1)(C(=O)OCCOC)C(=O)OCc1ccccc1. The number of esters is 2. The summed E-state index contributed by atoms with van der Waals surface area (Å²) in [6.45, 7) is 2.02. The van der Waals surface area contributed by atoms with Crippen LogP contribution >= 0.6 is 0 Å². The normalized spacial score (nSPS) is 12.5. The van der Waals surface area contributed by atoms with Gasteiger partial charge in [0.1, 0.15) is 13.2 Å². The summed E-state index contributed by atoms with van der Waals surface area (Å²) in [5, 5.41) is 2.62. The molecule has 0 bridgehead atoms. The van der Waals surface area contributed by atoms with Crippen LogP contribution in [0.15, 0.2) is 60.7 Å². The fourth-order valence-electron chi connectivity index (χ4n) is 2.94. The van der Waals surface area contributed by atoms with Crippen molar-refractivity contribution in [1.29, 1.82) is 0 Å². The number of carbonyl (C=O) groups is 3. The predicted octanol–water partition coefficient (Wildman–Crippen LogP) is 3.28. The lowest BCUT2D eigenvalue weighted by Gasteiger charge is -2.30. The highest BCUT2D eigenvalue weighted by molar-refractivity contribution is 6.10. The summed E-state index contributed by atoms with van der Waals surface area (Å²) < 4.78 is 15.7. The van der Waals surface area contributed by atoms with E-state index >= 15 is 0 Å². The molecule has 0 saturated carbocycles. The number of methoxy groups -OCH3 is 1. The average Bonchev–Trinajstić information content (AvgIpc) is 2.81. The van der Waals surface area contributed by atoms with Gasteiger partial charge in [-0.2, -0.15) is 0 Å². The molecule has 0 fully saturated rings. The summed E-state index contributed by atoms with van der Waals surface area (Å²) >= 11 is 0. The Kier molecular flexibility index (Phi) is 9.71. The Bertz CT molecular complexity index is 840. The summed E-state index contributed by atoms with van der Waals surface area (Å²) in [7, 11) is 1.48. The molecule has 1 N–H and O–H groups in total. The van der Waals surface area contributed by atoms with E-state index in [-0.39, 0.29) is 26.2 Å². The van der Waals surface area contributed by atoms with Crippen molar-refractivity contribution >= 4 is 17.8 Å². The number of rotatable bonds is 12. The van der Waals surface area contributed by atoms with Crippen molar-refractivity contribution in [2.75, 3.05) is 20.3 Å². The summed E-state index contributed by atoms with van der Waals surface area (Å²) in [5.41, 5.74) is -0.864. The van der Waals surface area contributed by atoms with Gasteiger partial charge in [-0.3, -0.25) is 4.79 Å². The van der Waals surface area contributed by atoms with Gasteiger partial charge in [0.2, 0.25) is 5.54 Å². The van der Waals surface area contributed by atoms with E-state index < -0.39 is 23.4 Å². The Morgan fingerprint density at radius 1 is 0.871 bits per heavy atom. The Morgan fingerprint density at radius 2 is 1.48 bits per heavy atom. The highest BCUT2D eigenvalue weighted by Crippen LogP contribution is 2.21. The number of hydrogen-bond acceptors (Lipinski definition) is 6. The first-order chi connectivity index (χ1) is 15.0. The lowest BCUT2D eigenvalue weighted by atomic mass is 9.91. The molecule has 2 aromatic carbocycles. The maximum atomic E-state index is 13.2. The molecule has 2 rings (SSSR count). The van der Waals surface area contributed by atoms with Gasteiger partial charge >= 0.3 is 11.9 Å². The Hall–Kier alpha value is -3.19. The highest BCUT2D eigenvalue weighted by Gasteiger charge is 2.50. The zero-order valence-electron chi connectivity index (χ0n) is 18.0. The molecule has 0 heterocycles. The van der Waals surface area contributed by atoms with Crippen LogP contribution in [0.25, 0.3) is 0 Å². The van der Waals surface area contributed by atoms with Crippen molar-refractivity contribution in [2.24, 2.45) is 0 Å². The lowest BCUT2D eigenvalue weighted by Crippen LogP contribution is -2.61. The average molecular weight is 427 g/mol. The second-order valence-electron chi connectivity index (χ2n) is 7.02. The van der Waals surface area contributed by atoms with Crippen molar-refractivity contribution in [3.05, 3.63) is 71.8 Å². The minimum absolute atomic E-state index is 0.0277. The van der Waals surface area contributed by atoms with Crippen LogP contribution in [0.4, 0.5) is 0 Å². The van der Waals surface area contributed by atoms with Crippen LogP contribution in [0.1, 0.15) is 42.1 Å². The summed E-state index contributed by atoms with van der Waals surface area (Å²) in [6, 6.07) is 17.5. The molecular formula is C24H29NO6. The quantitative estimate of drug-likeness (QED) is 0.318. The standard InChI is InChI=1S/C24H29NO6/c1-3-4-15-24(22(27)30-17-16-29-2,25-21(26)20-13-9-6-10-14-20)23(28)31-18-19-11-7-5-8-12-19/h5-14H,3-4,15-18H2,1-2H3,(H,25,26)/t24-/m1/s1. The third-order valence-corrected chi connectivity index (χ3v) is 4.70. The van der Waals surface area contributed by atoms with Gasteiger partial charge in [-0.1, -0.05) is 68.3 Å². The minimum Gasteiger partial charge on any atom is -0.461 e. The molecule has 0 aliphatic rings. The van der Waals surface area contributed by atoms with Gasteiger partial charge in [0.25, 0.3) is 5.91 Å². The molecule has 0 aliphatic carbocycles. The molecule has 7 nitrogen and oxygen atoms in total. The van der Waals surface area contributed by atoms with Crippen molar-refractivity contribution in [2.45, 2.75) is 38.3 Å². The third-order valence-electron chi connectivity index (χ3n) is 4.70. The molecular weight excluding hydrogens is 398 g/mol. The molecule has 1 atom stereocenters. The summed E-state index contributed by atoms with van der Waals surface area (Å²) in [5.74, 6) is -2.27. The number of carbonyl (C=O) groups excluding carboxylic acids is 3. The summed E-state index contributed by atoms with van der Waals surface area (Å²) in [6.07, 6.45) is 1.27. The first kappa shape index (κ1) is 24.1. The monoisotopic (exact) mass is 427 g/mol. The number of nitrogens with one attached hydrogen (secondary N) is 1. The molecule has 31 heavy (non-hydrogen) atoms. The number of hydrogen-bond donors (Lipinski definition) is 1. The predicted molar refractivity (Wildman–Crippen MR) is 115 cm³/mol. The molecule has 0 aromatic heterocycles. The van der Waals surface area contributed by atoms with E-state index in [0.29, 0.717) is 18.4 Å². The van der Waals surface area contributed by atoms with E-state index in [9.17, 15) is 14.4 Å². The second kappa shape index (κ2) is 12.5. The number of benzene rings is 2. The van der Waals surface area contributed by atoms with Crippen LogP contribution in [0, 0.1) is 0 Å². The molecule has 0 unspecified atom stereocenters. The van der Waals surface area contributed by atoms with Crippen LogP contribution in [0.3, 0.4) is 0 Å². The Balaban J connectivity index is 2.30. The molecule has 1 amide bonds. The van der Waals surface area contributed by atoms with Gasteiger partial charge < -0.3 is 19.5 Å². The molecule has 7 heteroatoms. The summed E-state index contributed by atoms with van der Waals surface area (Å²) in [4.78, 5) is 39.2. The van der Waals surface area contributed by atoms with E-state index in [1.165, 1.54) is 7.11 Å². The Morgan fingerprint density at radius 3 is 2.10 bits per heavy atom. The van der Waals surface area contributed by atoms with Crippen molar-refractivity contribution in [3.8, 4) is 0 Å². The van der Waals surface area contributed by atoms with Crippen molar-refractivity contribution in [3.63, 3.8) is 0 Å². The van der Waals surface area contributed by atoms with E-state index in [0.717, 1.165) is 5.56 Å². The lowest BCUT2D eigenvalue weighted by molar-refractivity contribution is -0.168. The smallest absolute Gasteiger partial charge is 0.344 e. The molecule has 0 spiro atoms. The number of amides is 1. The molecule has 2 aromatic rings. The van der Waals surface area contributed by atoms with Crippen molar-refractivity contribution < 1.29 is 28.6 Å².